The minimum atomic E-state index is -3.56. The smallest absolute Gasteiger partial charge is 0.229 e. The van der Waals surface area contributed by atoms with Gasteiger partial charge >= 0.3 is 0 Å². The highest BCUT2D eigenvalue weighted by Crippen LogP contribution is 2.52. The molecule has 0 radical (unpaired) electrons. The van der Waals surface area contributed by atoms with E-state index >= 15 is 0 Å². The summed E-state index contributed by atoms with van der Waals surface area (Å²) in [6.07, 6.45) is 2.18. The molecular weight excluding hydrogens is 607 g/mol. The van der Waals surface area contributed by atoms with Crippen LogP contribution in [0.15, 0.2) is 48.5 Å². The highest BCUT2D eigenvalue weighted by Gasteiger charge is 2.53. The van der Waals surface area contributed by atoms with Gasteiger partial charge in [0.2, 0.25) is 21.8 Å². The lowest BCUT2D eigenvalue weighted by Gasteiger charge is -2.52. The summed E-state index contributed by atoms with van der Waals surface area (Å²) in [4.78, 5) is 31.7. The van der Waals surface area contributed by atoms with Crippen molar-refractivity contribution in [3.8, 4) is 0 Å². The molecule has 2 fully saturated rings. The normalized spacial score (nSPS) is 24.2. The average Bonchev–Trinajstić information content (AvgIpc) is 3.70. The van der Waals surface area contributed by atoms with E-state index < -0.39 is 32.3 Å². The van der Waals surface area contributed by atoms with Crippen LogP contribution < -0.4 is 10.0 Å². The molecule has 0 bridgehead atoms. The van der Waals surface area contributed by atoms with Gasteiger partial charge in [-0.3, -0.25) is 9.59 Å². The SMILES string of the molecule is CCC(CNS(=O)(=O)C1(C)CC1)N1C(=O)C(C)(CC(=O)NCCN(C)C)CC(c2cccc(Cl)c2)C1c1ccc(Cl)cc1. The van der Waals surface area contributed by atoms with Gasteiger partial charge in [0, 0.05) is 48.1 Å². The van der Waals surface area contributed by atoms with E-state index in [4.69, 9.17) is 23.2 Å². The third-order valence-electron chi connectivity index (χ3n) is 9.00. The van der Waals surface area contributed by atoms with Crippen LogP contribution in [-0.2, 0) is 19.6 Å². The van der Waals surface area contributed by atoms with Crippen molar-refractivity contribution in [3.05, 3.63) is 69.7 Å². The molecule has 1 saturated heterocycles. The Morgan fingerprint density at radius 3 is 2.33 bits per heavy atom. The Hall–Kier alpha value is -2.17. The number of piperidine rings is 1. The zero-order valence-electron chi connectivity index (χ0n) is 25.7. The number of carbonyl (C=O) groups is 2. The van der Waals surface area contributed by atoms with Gasteiger partial charge in [-0.15, -0.1) is 0 Å². The largest absolute Gasteiger partial charge is 0.355 e. The molecule has 2 N–H and O–H groups in total. The number of benzene rings is 2. The predicted molar refractivity (Wildman–Crippen MR) is 173 cm³/mol. The van der Waals surface area contributed by atoms with Crippen molar-refractivity contribution in [2.75, 3.05) is 33.7 Å². The zero-order valence-corrected chi connectivity index (χ0v) is 28.0. The third-order valence-corrected chi connectivity index (χ3v) is 11.7. The number of carbonyl (C=O) groups excluding carboxylic acids is 2. The first-order chi connectivity index (χ1) is 20.2. The van der Waals surface area contributed by atoms with Gasteiger partial charge in [-0.1, -0.05) is 61.3 Å². The lowest BCUT2D eigenvalue weighted by Crippen LogP contribution is -2.58. The maximum atomic E-state index is 14.7. The molecular formula is C32H44Cl2N4O4S. The van der Waals surface area contributed by atoms with Gasteiger partial charge in [0.25, 0.3) is 0 Å². The van der Waals surface area contributed by atoms with Crippen LogP contribution in [0.1, 0.15) is 76.0 Å². The number of halogens is 2. The second-order valence-corrected chi connectivity index (χ2v) is 16.0. The van der Waals surface area contributed by atoms with Crippen LogP contribution in [0.2, 0.25) is 10.0 Å². The number of hydrogen-bond donors (Lipinski definition) is 2. The summed E-state index contributed by atoms with van der Waals surface area (Å²) in [5.74, 6) is -0.580. The van der Waals surface area contributed by atoms with Crippen LogP contribution in [0.3, 0.4) is 0 Å². The molecule has 1 heterocycles. The number of likely N-dealkylation sites (tertiary alicyclic amines) is 1. The second-order valence-electron chi connectivity index (χ2n) is 12.8. The van der Waals surface area contributed by atoms with Gasteiger partial charge in [0.15, 0.2) is 0 Å². The molecule has 8 nitrogen and oxygen atoms in total. The summed E-state index contributed by atoms with van der Waals surface area (Å²) in [6, 6.07) is 14.2. The Morgan fingerprint density at radius 1 is 1.07 bits per heavy atom. The molecule has 4 atom stereocenters. The molecule has 1 aliphatic heterocycles. The van der Waals surface area contributed by atoms with Gasteiger partial charge in [-0.2, -0.15) is 0 Å². The van der Waals surface area contributed by atoms with Gasteiger partial charge < -0.3 is 15.1 Å². The fourth-order valence-corrected chi connectivity index (χ4v) is 7.77. The molecule has 4 rings (SSSR count). The summed E-state index contributed by atoms with van der Waals surface area (Å²) in [5.41, 5.74) is 0.799. The molecule has 2 amide bonds. The van der Waals surface area contributed by atoms with E-state index in [9.17, 15) is 18.0 Å². The van der Waals surface area contributed by atoms with Crippen molar-refractivity contribution in [1.29, 1.82) is 0 Å². The molecule has 2 aliphatic rings. The monoisotopic (exact) mass is 650 g/mol. The van der Waals surface area contributed by atoms with Crippen LogP contribution >= 0.6 is 23.2 Å². The summed E-state index contributed by atoms with van der Waals surface area (Å²) in [5, 5.41) is 4.13. The lowest BCUT2D eigenvalue weighted by molar-refractivity contribution is -0.157. The van der Waals surface area contributed by atoms with Gasteiger partial charge in [-0.25, -0.2) is 13.1 Å². The minimum absolute atomic E-state index is 0.0143. The maximum absolute atomic E-state index is 14.7. The Labute approximate surface area is 266 Å². The van der Waals surface area contributed by atoms with Crippen molar-refractivity contribution >= 4 is 45.0 Å². The standard InChI is InChI=1S/C32H44Cl2N4O4S/c1-6-26(21-36-43(41,42)32(3)14-15-32)38-29(22-10-12-24(33)13-11-22)27(23-8-7-9-25(34)18-23)19-31(2,30(38)40)20-28(39)35-16-17-37(4)5/h7-13,18,26-27,29,36H,6,14-17,19-21H2,1-5H3,(H,35,39). The third kappa shape index (κ3) is 7.74. The van der Waals surface area contributed by atoms with E-state index in [1.54, 1.807) is 19.1 Å². The first-order valence-electron chi connectivity index (χ1n) is 14.9. The first kappa shape index (κ1) is 33.7. The van der Waals surface area contributed by atoms with E-state index in [2.05, 4.69) is 10.0 Å². The number of nitrogens with zero attached hydrogens (tertiary/aromatic N) is 2. The van der Waals surface area contributed by atoms with Crippen molar-refractivity contribution in [1.82, 2.24) is 19.8 Å². The summed E-state index contributed by atoms with van der Waals surface area (Å²) in [6.45, 7) is 6.80. The minimum Gasteiger partial charge on any atom is -0.355 e. The Morgan fingerprint density at radius 2 is 1.74 bits per heavy atom. The van der Waals surface area contributed by atoms with Crippen LogP contribution in [0.4, 0.5) is 0 Å². The zero-order chi connectivity index (χ0) is 31.6. The molecule has 11 heteroatoms. The summed E-state index contributed by atoms with van der Waals surface area (Å²) in [7, 11) is 0.308. The van der Waals surface area contributed by atoms with E-state index in [-0.39, 0.29) is 30.7 Å². The lowest BCUT2D eigenvalue weighted by atomic mass is 9.67. The number of hydrogen-bond acceptors (Lipinski definition) is 5. The molecule has 43 heavy (non-hydrogen) atoms. The van der Waals surface area contributed by atoms with Crippen LogP contribution in [-0.4, -0.2) is 74.6 Å². The van der Waals surface area contributed by atoms with Crippen molar-refractivity contribution < 1.29 is 18.0 Å². The van der Waals surface area contributed by atoms with E-state index in [0.29, 0.717) is 48.8 Å². The van der Waals surface area contributed by atoms with Crippen LogP contribution in [0.5, 0.6) is 0 Å². The molecule has 2 aromatic rings. The molecule has 0 spiro atoms. The van der Waals surface area contributed by atoms with E-state index in [1.807, 2.05) is 74.1 Å². The quantitative estimate of drug-likeness (QED) is 0.304. The van der Waals surface area contributed by atoms with Crippen molar-refractivity contribution in [2.24, 2.45) is 5.41 Å². The number of sulfonamides is 1. The van der Waals surface area contributed by atoms with Gasteiger partial charge in [0.05, 0.1) is 16.2 Å². The summed E-state index contributed by atoms with van der Waals surface area (Å²) < 4.78 is 28.3. The number of likely N-dealkylation sites (N-methyl/N-ethyl adjacent to an activating group) is 1. The highest BCUT2D eigenvalue weighted by molar-refractivity contribution is 7.91. The molecule has 1 saturated carbocycles. The fraction of sp³-hybridized carbons (Fsp3) is 0.562. The van der Waals surface area contributed by atoms with Gasteiger partial charge in [-0.05, 0) is 82.1 Å². The maximum Gasteiger partial charge on any atom is 0.229 e. The Bertz CT molecular complexity index is 1410. The number of rotatable bonds is 13. The molecule has 2 aromatic carbocycles. The number of nitrogens with one attached hydrogen (secondary N) is 2. The topological polar surface area (TPSA) is 98.8 Å². The predicted octanol–water partition coefficient (Wildman–Crippen LogP) is 5.38. The Balaban J connectivity index is 1.78. The molecule has 4 unspecified atom stereocenters. The van der Waals surface area contributed by atoms with Crippen molar-refractivity contribution in [3.63, 3.8) is 0 Å². The molecule has 0 aromatic heterocycles. The van der Waals surface area contributed by atoms with Gasteiger partial charge in [0.1, 0.15) is 0 Å². The fourth-order valence-electron chi connectivity index (χ4n) is 6.05. The van der Waals surface area contributed by atoms with Crippen LogP contribution in [0.25, 0.3) is 0 Å². The number of amides is 2. The highest BCUT2D eigenvalue weighted by atomic mass is 35.5. The molecule has 1 aliphatic carbocycles. The second kappa shape index (κ2) is 13.4. The first-order valence-corrected chi connectivity index (χ1v) is 17.2. The average molecular weight is 652 g/mol. The van der Waals surface area contributed by atoms with Crippen LogP contribution in [0, 0.1) is 5.41 Å². The molecule has 236 valence electrons. The van der Waals surface area contributed by atoms with E-state index in [0.717, 1.165) is 11.1 Å². The van der Waals surface area contributed by atoms with Crippen molar-refractivity contribution in [2.45, 2.75) is 75.6 Å². The summed E-state index contributed by atoms with van der Waals surface area (Å²) >= 11 is 12.7. The Kier molecular flexibility index (Phi) is 10.5. The van der Waals surface area contributed by atoms with E-state index in [1.165, 1.54) is 0 Å².